The zero-order valence-corrected chi connectivity index (χ0v) is 10.5. The molecule has 0 amide bonds. The molecular formula is C13H26N2O. The summed E-state index contributed by atoms with van der Waals surface area (Å²) in [7, 11) is 0. The van der Waals surface area contributed by atoms with Crippen molar-refractivity contribution in [1.29, 1.82) is 0 Å². The van der Waals surface area contributed by atoms with Gasteiger partial charge in [-0.1, -0.05) is 6.42 Å². The van der Waals surface area contributed by atoms with E-state index in [-0.39, 0.29) is 5.41 Å². The molecule has 1 heterocycles. The Balaban J connectivity index is 1.62. The minimum atomic E-state index is 0.244. The average molecular weight is 226 g/mol. The molecule has 2 fully saturated rings. The molecule has 0 radical (unpaired) electrons. The van der Waals surface area contributed by atoms with E-state index in [2.05, 4.69) is 17.6 Å². The summed E-state index contributed by atoms with van der Waals surface area (Å²) < 4.78 is 0. The molecule has 0 spiro atoms. The first-order chi connectivity index (χ1) is 7.74. The molecule has 0 aromatic carbocycles. The number of piperidine rings is 1. The summed E-state index contributed by atoms with van der Waals surface area (Å²) in [6, 6.07) is 1.28. The van der Waals surface area contributed by atoms with Crippen LogP contribution in [0.25, 0.3) is 0 Å². The molecule has 94 valence electrons. The van der Waals surface area contributed by atoms with E-state index in [1.54, 1.807) is 0 Å². The fourth-order valence-electron chi connectivity index (χ4n) is 2.59. The molecule has 3 nitrogen and oxygen atoms in total. The SMILES string of the molecule is CC(CC1CCCCN1)NCC1(CO)CC1. The number of hydrogen-bond acceptors (Lipinski definition) is 3. The van der Waals surface area contributed by atoms with Crippen LogP contribution in [0.4, 0.5) is 0 Å². The van der Waals surface area contributed by atoms with Crippen molar-refractivity contribution in [3.05, 3.63) is 0 Å². The second-order valence-electron chi connectivity index (χ2n) is 5.82. The summed E-state index contributed by atoms with van der Waals surface area (Å²) in [6.45, 7) is 4.81. The van der Waals surface area contributed by atoms with Crippen LogP contribution >= 0.6 is 0 Å². The highest BCUT2D eigenvalue weighted by Gasteiger charge is 2.41. The summed E-state index contributed by atoms with van der Waals surface area (Å²) in [5.74, 6) is 0. The van der Waals surface area contributed by atoms with Crippen molar-refractivity contribution in [2.24, 2.45) is 5.41 Å². The second-order valence-corrected chi connectivity index (χ2v) is 5.82. The van der Waals surface area contributed by atoms with E-state index in [0.29, 0.717) is 18.7 Å². The summed E-state index contributed by atoms with van der Waals surface area (Å²) in [4.78, 5) is 0. The monoisotopic (exact) mass is 226 g/mol. The fraction of sp³-hybridized carbons (Fsp3) is 1.00. The van der Waals surface area contributed by atoms with Crippen LogP contribution in [0.5, 0.6) is 0 Å². The predicted octanol–water partition coefficient (Wildman–Crippen LogP) is 1.27. The molecule has 1 saturated heterocycles. The lowest BCUT2D eigenvalue weighted by molar-refractivity contribution is 0.202. The van der Waals surface area contributed by atoms with Crippen molar-refractivity contribution in [3.8, 4) is 0 Å². The first-order valence-electron chi connectivity index (χ1n) is 6.82. The molecule has 16 heavy (non-hydrogen) atoms. The number of aliphatic hydroxyl groups excluding tert-OH is 1. The van der Waals surface area contributed by atoms with Gasteiger partial charge in [0.05, 0.1) is 0 Å². The Hall–Kier alpha value is -0.120. The van der Waals surface area contributed by atoms with Crippen molar-refractivity contribution >= 4 is 0 Å². The van der Waals surface area contributed by atoms with Gasteiger partial charge in [0.2, 0.25) is 0 Å². The van der Waals surface area contributed by atoms with Crippen LogP contribution in [0.15, 0.2) is 0 Å². The molecule has 1 aliphatic heterocycles. The standard InChI is InChI=1S/C13H26N2O/c1-11(8-12-4-2-3-7-14-12)15-9-13(10-16)5-6-13/h11-12,14-16H,2-10H2,1H3. The molecule has 0 bridgehead atoms. The Morgan fingerprint density at radius 3 is 2.81 bits per heavy atom. The smallest absolute Gasteiger partial charge is 0.0499 e. The fourth-order valence-corrected chi connectivity index (χ4v) is 2.59. The van der Waals surface area contributed by atoms with Gasteiger partial charge in [-0.2, -0.15) is 0 Å². The van der Waals surface area contributed by atoms with E-state index in [9.17, 15) is 5.11 Å². The van der Waals surface area contributed by atoms with Gasteiger partial charge in [0.15, 0.2) is 0 Å². The second kappa shape index (κ2) is 5.48. The molecule has 0 aromatic heterocycles. The van der Waals surface area contributed by atoms with E-state index >= 15 is 0 Å². The molecule has 2 aliphatic rings. The zero-order chi connectivity index (χ0) is 11.4. The zero-order valence-electron chi connectivity index (χ0n) is 10.5. The number of hydrogen-bond donors (Lipinski definition) is 3. The maximum atomic E-state index is 9.24. The highest BCUT2D eigenvalue weighted by Crippen LogP contribution is 2.44. The third-order valence-electron chi connectivity index (χ3n) is 4.17. The van der Waals surface area contributed by atoms with Crippen LogP contribution in [-0.2, 0) is 0 Å². The summed E-state index contributed by atoms with van der Waals surface area (Å²) in [6.07, 6.45) is 7.67. The topological polar surface area (TPSA) is 44.3 Å². The maximum absolute atomic E-state index is 9.24. The van der Waals surface area contributed by atoms with E-state index in [1.807, 2.05) is 0 Å². The molecule has 2 unspecified atom stereocenters. The van der Waals surface area contributed by atoms with Crippen LogP contribution in [-0.4, -0.2) is 36.9 Å². The largest absolute Gasteiger partial charge is 0.396 e. The van der Waals surface area contributed by atoms with Gasteiger partial charge in [0.25, 0.3) is 0 Å². The van der Waals surface area contributed by atoms with Crippen molar-refractivity contribution in [2.75, 3.05) is 19.7 Å². The van der Waals surface area contributed by atoms with Gasteiger partial charge in [0, 0.05) is 30.7 Å². The van der Waals surface area contributed by atoms with Gasteiger partial charge >= 0.3 is 0 Å². The minimum absolute atomic E-state index is 0.244. The van der Waals surface area contributed by atoms with E-state index < -0.39 is 0 Å². The van der Waals surface area contributed by atoms with Gasteiger partial charge in [-0.25, -0.2) is 0 Å². The van der Waals surface area contributed by atoms with Crippen LogP contribution < -0.4 is 10.6 Å². The Morgan fingerprint density at radius 1 is 1.44 bits per heavy atom. The van der Waals surface area contributed by atoms with Crippen molar-refractivity contribution in [3.63, 3.8) is 0 Å². The first kappa shape index (κ1) is 12.3. The molecule has 0 aromatic rings. The van der Waals surface area contributed by atoms with Crippen molar-refractivity contribution < 1.29 is 5.11 Å². The van der Waals surface area contributed by atoms with Gasteiger partial charge in [-0.3, -0.25) is 0 Å². The van der Waals surface area contributed by atoms with Crippen molar-refractivity contribution in [1.82, 2.24) is 10.6 Å². The normalized spacial score (nSPS) is 30.0. The number of aliphatic hydroxyl groups is 1. The van der Waals surface area contributed by atoms with Gasteiger partial charge < -0.3 is 15.7 Å². The predicted molar refractivity (Wildman–Crippen MR) is 66.5 cm³/mol. The van der Waals surface area contributed by atoms with Crippen molar-refractivity contribution in [2.45, 2.75) is 57.5 Å². The van der Waals surface area contributed by atoms with E-state index in [1.165, 1.54) is 45.1 Å². The molecule has 1 aliphatic carbocycles. The quantitative estimate of drug-likeness (QED) is 0.639. The lowest BCUT2D eigenvalue weighted by Gasteiger charge is -2.27. The number of nitrogens with one attached hydrogen (secondary N) is 2. The number of rotatable bonds is 6. The average Bonchev–Trinajstić information content (AvgIpc) is 3.09. The summed E-state index contributed by atoms with van der Waals surface area (Å²) in [5, 5.41) is 16.4. The van der Waals surface area contributed by atoms with Gasteiger partial charge in [-0.05, 0) is 45.6 Å². The van der Waals surface area contributed by atoms with Gasteiger partial charge in [0.1, 0.15) is 0 Å². The maximum Gasteiger partial charge on any atom is 0.0499 e. The molecular weight excluding hydrogens is 200 g/mol. The first-order valence-corrected chi connectivity index (χ1v) is 6.82. The summed E-state index contributed by atoms with van der Waals surface area (Å²) in [5.41, 5.74) is 0.244. The lowest BCUT2D eigenvalue weighted by atomic mass is 9.98. The van der Waals surface area contributed by atoms with E-state index in [0.717, 1.165) is 6.54 Å². The minimum Gasteiger partial charge on any atom is -0.396 e. The summed E-state index contributed by atoms with van der Waals surface area (Å²) >= 11 is 0. The molecule has 3 heteroatoms. The molecule has 1 saturated carbocycles. The van der Waals surface area contributed by atoms with E-state index in [4.69, 9.17) is 0 Å². The Kier molecular flexibility index (Phi) is 4.22. The molecule has 2 atom stereocenters. The van der Waals surface area contributed by atoms with Crippen LogP contribution in [0.2, 0.25) is 0 Å². The third-order valence-corrected chi connectivity index (χ3v) is 4.17. The molecule has 3 N–H and O–H groups in total. The Labute approximate surface area is 99.0 Å². The Bertz CT molecular complexity index is 210. The Morgan fingerprint density at radius 2 is 2.25 bits per heavy atom. The molecule has 2 rings (SSSR count). The highest BCUT2D eigenvalue weighted by molar-refractivity contribution is 4.95. The van der Waals surface area contributed by atoms with Crippen LogP contribution in [0.3, 0.4) is 0 Å². The third kappa shape index (κ3) is 3.44. The van der Waals surface area contributed by atoms with Crippen LogP contribution in [0.1, 0.15) is 45.4 Å². The highest BCUT2D eigenvalue weighted by atomic mass is 16.3. The van der Waals surface area contributed by atoms with Gasteiger partial charge in [-0.15, -0.1) is 0 Å². The van der Waals surface area contributed by atoms with Crippen LogP contribution in [0, 0.1) is 5.41 Å². The lowest BCUT2D eigenvalue weighted by Crippen LogP contribution is -2.41.